The van der Waals surface area contributed by atoms with Crippen LogP contribution in [-0.4, -0.2) is 24.3 Å². The lowest BCUT2D eigenvalue weighted by atomic mass is 10.0. The first-order valence-electron chi connectivity index (χ1n) is 6.42. The number of hydrogen-bond donors (Lipinski definition) is 1. The van der Waals surface area contributed by atoms with Crippen LogP contribution in [0.25, 0.3) is 22.0 Å². The van der Waals surface area contributed by atoms with Gasteiger partial charge in [-0.1, -0.05) is 48.6 Å². The van der Waals surface area contributed by atoms with E-state index in [0.29, 0.717) is 4.64 Å². The molecule has 0 fully saturated rings. The number of hydrogen-bond acceptors (Lipinski definition) is 3. The van der Waals surface area contributed by atoms with Gasteiger partial charge in [-0.05, 0) is 12.1 Å². The van der Waals surface area contributed by atoms with E-state index >= 15 is 0 Å². The molecule has 0 bridgehead atoms. The van der Waals surface area contributed by atoms with Crippen LogP contribution in [0, 0.1) is 4.64 Å². The molecule has 0 radical (unpaired) electrons. The van der Waals surface area contributed by atoms with Crippen molar-refractivity contribution in [1.82, 2.24) is 10.2 Å². The zero-order chi connectivity index (χ0) is 14.1. The Balaban J connectivity index is 2.20. The molecule has 0 saturated heterocycles. The van der Waals surface area contributed by atoms with Crippen molar-refractivity contribution in [3.05, 3.63) is 53.2 Å². The van der Waals surface area contributed by atoms with E-state index < -0.39 is 0 Å². The minimum absolute atomic E-state index is 0.675. The third kappa shape index (κ3) is 2.18. The fourth-order valence-corrected chi connectivity index (χ4v) is 2.48. The maximum atomic E-state index is 5.29. The second-order valence-corrected chi connectivity index (χ2v) is 5.30. The van der Waals surface area contributed by atoms with Crippen LogP contribution < -0.4 is 4.90 Å². The van der Waals surface area contributed by atoms with E-state index in [1.165, 1.54) is 5.69 Å². The summed E-state index contributed by atoms with van der Waals surface area (Å²) in [4.78, 5) is 2.08. The molecule has 3 aromatic rings. The predicted molar refractivity (Wildman–Crippen MR) is 86.7 cm³/mol. The van der Waals surface area contributed by atoms with Crippen molar-refractivity contribution < 1.29 is 0 Å². The third-order valence-corrected chi connectivity index (χ3v) is 3.66. The molecule has 1 N–H and O–H groups in total. The van der Waals surface area contributed by atoms with Crippen molar-refractivity contribution in [1.29, 1.82) is 0 Å². The standard InChI is InChI=1S/C16H15N3S/c1-19(2)12-9-7-11(8-10-12)15-13-5-3-4-6-14(13)16(20)18-17-15/h3-10H,1-2H3,(H,18,20). The van der Waals surface area contributed by atoms with Gasteiger partial charge in [0.15, 0.2) is 0 Å². The normalized spacial score (nSPS) is 10.7. The number of aromatic amines is 1. The van der Waals surface area contributed by atoms with Crippen LogP contribution in [-0.2, 0) is 0 Å². The highest BCUT2D eigenvalue weighted by atomic mass is 32.1. The van der Waals surface area contributed by atoms with Gasteiger partial charge in [0, 0.05) is 36.1 Å². The van der Waals surface area contributed by atoms with Gasteiger partial charge >= 0.3 is 0 Å². The second kappa shape index (κ2) is 5.06. The number of H-pyrrole nitrogens is 1. The zero-order valence-electron chi connectivity index (χ0n) is 11.4. The molecule has 0 aliphatic rings. The quantitative estimate of drug-likeness (QED) is 0.720. The van der Waals surface area contributed by atoms with Crippen LogP contribution in [0.15, 0.2) is 48.5 Å². The Bertz CT molecular complexity index is 804. The highest BCUT2D eigenvalue weighted by Crippen LogP contribution is 2.27. The first kappa shape index (κ1) is 12.8. The van der Waals surface area contributed by atoms with Crippen molar-refractivity contribution in [2.75, 3.05) is 19.0 Å². The molecule has 20 heavy (non-hydrogen) atoms. The number of benzene rings is 2. The van der Waals surface area contributed by atoms with E-state index in [4.69, 9.17) is 12.2 Å². The molecule has 3 nitrogen and oxygen atoms in total. The molecule has 4 heteroatoms. The summed E-state index contributed by atoms with van der Waals surface area (Å²) < 4.78 is 0.675. The summed E-state index contributed by atoms with van der Waals surface area (Å²) >= 11 is 5.29. The van der Waals surface area contributed by atoms with Crippen molar-refractivity contribution in [2.45, 2.75) is 0 Å². The lowest BCUT2D eigenvalue weighted by Gasteiger charge is -2.13. The van der Waals surface area contributed by atoms with Gasteiger partial charge in [0.25, 0.3) is 0 Å². The van der Waals surface area contributed by atoms with E-state index in [-0.39, 0.29) is 0 Å². The number of rotatable bonds is 2. The Morgan fingerprint density at radius 2 is 1.60 bits per heavy atom. The predicted octanol–water partition coefficient (Wildman–Crippen LogP) is 4.03. The van der Waals surface area contributed by atoms with Gasteiger partial charge in [0.1, 0.15) is 4.64 Å². The minimum atomic E-state index is 0.675. The molecule has 0 amide bonds. The van der Waals surface area contributed by atoms with Gasteiger partial charge < -0.3 is 4.90 Å². The van der Waals surface area contributed by atoms with E-state index in [1.807, 2.05) is 32.3 Å². The molecule has 0 aliphatic carbocycles. The smallest absolute Gasteiger partial charge is 0.127 e. The summed E-state index contributed by atoms with van der Waals surface area (Å²) in [6.45, 7) is 0. The summed E-state index contributed by atoms with van der Waals surface area (Å²) in [6, 6.07) is 16.4. The Morgan fingerprint density at radius 1 is 0.950 bits per heavy atom. The molecule has 0 spiro atoms. The average Bonchev–Trinajstić information content (AvgIpc) is 2.48. The lowest BCUT2D eigenvalue weighted by Crippen LogP contribution is -2.08. The van der Waals surface area contributed by atoms with Crippen LogP contribution >= 0.6 is 12.2 Å². The van der Waals surface area contributed by atoms with Crippen LogP contribution in [0.2, 0.25) is 0 Å². The van der Waals surface area contributed by atoms with Gasteiger partial charge in [-0.3, -0.25) is 5.10 Å². The molecule has 0 aliphatic heterocycles. The van der Waals surface area contributed by atoms with Crippen molar-refractivity contribution >= 4 is 28.7 Å². The zero-order valence-corrected chi connectivity index (χ0v) is 12.2. The summed E-state index contributed by atoms with van der Waals surface area (Å²) in [5.41, 5.74) is 3.18. The van der Waals surface area contributed by atoms with Gasteiger partial charge in [-0.15, -0.1) is 0 Å². The molecule has 0 saturated carbocycles. The average molecular weight is 281 g/mol. The van der Waals surface area contributed by atoms with Gasteiger partial charge in [0.05, 0.1) is 5.69 Å². The van der Waals surface area contributed by atoms with E-state index in [1.54, 1.807) is 0 Å². The Labute approximate surface area is 122 Å². The summed E-state index contributed by atoms with van der Waals surface area (Å²) in [5, 5.41) is 9.45. The molecule has 100 valence electrons. The first-order valence-corrected chi connectivity index (χ1v) is 6.83. The lowest BCUT2D eigenvalue weighted by molar-refractivity contribution is 1.04. The minimum Gasteiger partial charge on any atom is -0.378 e. The van der Waals surface area contributed by atoms with Crippen LogP contribution in [0.5, 0.6) is 0 Å². The largest absolute Gasteiger partial charge is 0.378 e. The maximum absolute atomic E-state index is 5.29. The number of nitrogens with one attached hydrogen (secondary N) is 1. The topological polar surface area (TPSA) is 31.9 Å². The molecule has 1 aromatic heterocycles. The van der Waals surface area contributed by atoms with E-state index in [2.05, 4.69) is 45.4 Å². The molecule has 0 unspecified atom stereocenters. The number of anilines is 1. The molecular weight excluding hydrogens is 266 g/mol. The molecule has 1 heterocycles. The number of aromatic nitrogens is 2. The number of nitrogens with zero attached hydrogens (tertiary/aromatic N) is 2. The SMILES string of the molecule is CN(C)c1ccc(-c2n[nH]c(=S)c3ccccc23)cc1. The summed E-state index contributed by atoms with van der Waals surface area (Å²) in [7, 11) is 4.06. The monoisotopic (exact) mass is 281 g/mol. The van der Waals surface area contributed by atoms with E-state index in [0.717, 1.165) is 22.0 Å². The van der Waals surface area contributed by atoms with Crippen LogP contribution in [0.1, 0.15) is 0 Å². The van der Waals surface area contributed by atoms with E-state index in [9.17, 15) is 0 Å². The highest BCUT2D eigenvalue weighted by molar-refractivity contribution is 7.71. The van der Waals surface area contributed by atoms with Gasteiger partial charge in [-0.2, -0.15) is 5.10 Å². The molecule has 2 aromatic carbocycles. The van der Waals surface area contributed by atoms with Crippen molar-refractivity contribution in [2.24, 2.45) is 0 Å². The Kier molecular flexibility index (Phi) is 3.24. The second-order valence-electron chi connectivity index (χ2n) is 4.89. The summed E-state index contributed by atoms with van der Waals surface area (Å²) in [6.07, 6.45) is 0. The highest BCUT2D eigenvalue weighted by Gasteiger charge is 2.07. The van der Waals surface area contributed by atoms with Crippen LogP contribution in [0.3, 0.4) is 0 Å². The van der Waals surface area contributed by atoms with Crippen LogP contribution in [0.4, 0.5) is 5.69 Å². The van der Waals surface area contributed by atoms with Gasteiger partial charge in [0.2, 0.25) is 0 Å². The molecular formula is C16H15N3S. The van der Waals surface area contributed by atoms with Crippen molar-refractivity contribution in [3.63, 3.8) is 0 Å². The molecule has 3 rings (SSSR count). The first-order chi connectivity index (χ1) is 9.66. The fraction of sp³-hybridized carbons (Fsp3) is 0.125. The Morgan fingerprint density at radius 3 is 2.25 bits per heavy atom. The summed E-state index contributed by atoms with van der Waals surface area (Å²) in [5.74, 6) is 0. The van der Waals surface area contributed by atoms with Gasteiger partial charge in [-0.25, -0.2) is 0 Å². The third-order valence-electron chi connectivity index (χ3n) is 3.35. The number of fused-ring (bicyclic) bond motifs is 1. The maximum Gasteiger partial charge on any atom is 0.127 e. The molecule has 0 atom stereocenters. The van der Waals surface area contributed by atoms with Crippen molar-refractivity contribution in [3.8, 4) is 11.3 Å². The fourth-order valence-electron chi connectivity index (χ4n) is 2.25. The Hall–Kier alpha value is -2.20.